The maximum atomic E-state index is 10.2. The summed E-state index contributed by atoms with van der Waals surface area (Å²) in [4.78, 5) is 0. The average Bonchev–Trinajstić information content (AvgIpc) is 2.46. The maximum Gasteiger partial charge on any atom is 0.0766 e. The first kappa shape index (κ1) is 17.9. The van der Waals surface area contributed by atoms with Gasteiger partial charge in [0.15, 0.2) is 0 Å². The summed E-state index contributed by atoms with van der Waals surface area (Å²) in [6.07, 6.45) is 6.06. The van der Waals surface area contributed by atoms with Crippen molar-refractivity contribution in [3.8, 4) is 0 Å². The van der Waals surface area contributed by atoms with E-state index in [0.717, 1.165) is 44.9 Å². The summed E-state index contributed by atoms with van der Waals surface area (Å²) >= 11 is 0. The molecule has 0 spiro atoms. The van der Waals surface area contributed by atoms with Crippen molar-refractivity contribution in [2.45, 2.75) is 76.2 Å². The highest BCUT2D eigenvalue weighted by Crippen LogP contribution is 2.24. The quantitative estimate of drug-likeness (QED) is 0.396. The molecule has 0 radical (unpaired) electrons. The van der Waals surface area contributed by atoms with Gasteiger partial charge in [0.2, 0.25) is 0 Å². The molecule has 5 atom stereocenters. The third kappa shape index (κ3) is 5.30. The Hall–Kier alpha value is -0.200. The summed E-state index contributed by atoms with van der Waals surface area (Å²) in [6.45, 7) is 2.01. The van der Waals surface area contributed by atoms with Crippen LogP contribution in [0.5, 0.6) is 0 Å². The summed E-state index contributed by atoms with van der Waals surface area (Å²) < 4.78 is 0. The molecule has 1 saturated heterocycles. The van der Waals surface area contributed by atoms with Crippen LogP contribution in [0.1, 0.15) is 51.9 Å². The fourth-order valence-corrected chi connectivity index (χ4v) is 3.00. The zero-order valence-electron chi connectivity index (χ0n) is 12.5. The second kappa shape index (κ2) is 9.68. The molecule has 0 saturated carbocycles. The minimum absolute atomic E-state index is 0.0389. The number of rotatable bonds is 9. The van der Waals surface area contributed by atoms with Crippen LogP contribution < -0.4 is 5.32 Å². The van der Waals surface area contributed by atoms with E-state index in [1.807, 2.05) is 6.92 Å². The van der Waals surface area contributed by atoms with Crippen molar-refractivity contribution in [3.05, 3.63) is 0 Å². The Morgan fingerprint density at radius 2 is 1.35 bits per heavy atom. The first-order valence-electron chi connectivity index (χ1n) is 7.95. The van der Waals surface area contributed by atoms with Crippen molar-refractivity contribution < 1.29 is 20.4 Å². The highest BCUT2D eigenvalue weighted by molar-refractivity contribution is 4.95. The Balaban J connectivity index is 2.21. The van der Waals surface area contributed by atoms with Crippen molar-refractivity contribution in [2.24, 2.45) is 5.92 Å². The molecule has 120 valence electrons. The molecule has 5 unspecified atom stereocenters. The first-order chi connectivity index (χ1) is 9.61. The number of aliphatic hydroxyl groups excluding tert-OH is 4. The molecule has 20 heavy (non-hydrogen) atoms. The molecule has 5 N–H and O–H groups in total. The molecular formula is C15H31NO4. The van der Waals surface area contributed by atoms with Gasteiger partial charge in [0, 0.05) is 18.6 Å². The van der Waals surface area contributed by atoms with Gasteiger partial charge in [-0.05, 0) is 12.8 Å². The Labute approximate surface area is 122 Å². The van der Waals surface area contributed by atoms with E-state index in [-0.39, 0.29) is 31.2 Å². The standard InChI is InChI=1S/C15H31NO4/c1-11-14(19)12(16-13(10-18)15(11)20)8-6-4-2-3-5-7-9-17/h11-20H,2-10H2,1H3. The molecular weight excluding hydrogens is 258 g/mol. The molecule has 1 aliphatic rings. The fraction of sp³-hybridized carbons (Fsp3) is 1.00. The van der Waals surface area contributed by atoms with Crippen LogP contribution in [-0.2, 0) is 0 Å². The van der Waals surface area contributed by atoms with Crippen LogP contribution in [0.4, 0.5) is 0 Å². The summed E-state index contributed by atoms with van der Waals surface area (Å²) in [5.41, 5.74) is 0. The lowest BCUT2D eigenvalue weighted by atomic mass is 9.82. The van der Waals surface area contributed by atoms with E-state index in [2.05, 4.69) is 5.32 Å². The van der Waals surface area contributed by atoms with E-state index in [4.69, 9.17) is 5.11 Å². The molecule has 0 amide bonds. The molecule has 0 aliphatic carbocycles. The number of piperidine rings is 1. The molecule has 1 aliphatic heterocycles. The van der Waals surface area contributed by atoms with Crippen molar-refractivity contribution in [2.75, 3.05) is 13.2 Å². The van der Waals surface area contributed by atoms with E-state index in [1.165, 1.54) is 0 Å². The van der Waals surface area contributed by atoms with Gasteiger partial charge in [-0.25, -0.2) is 0 Å². The predicted molar refractivity (Wildman–Crippen MR) is 78.4 cm³/mol. The third-order valence-corrected chi connectivity index (χ3v) is 4.45. The highest BCUT2D eigenvalue weighted by atomic mass is 16.3. The number of hydrogen-bond donors (Lipinski definition) is 5. The summed E-state index contributed by atoms with van der Waals surface area (Å²) in [7, 11) is 0. The second-order valence-corrected chi connectivity index (χ2v) is 6.04. The maximum absolute atomic E-state index is 10.2. The zero-order valence-corrected chi connectivity index (χ0v) is 12.5. The van der Waals surface area contributed by atoms with Crippen molar-refractivity contribution >= 4 is 0 Å². The Morgan fingerprint density at radius 3 is 1.95 bits per heavy atom. The number of hydrogen-bond acceptors (Lipinski definition) is 5. The van der Waals surface area contributed by atoms with E-state index < -0.39 is 12.2 Å². The summed E-state index contributed by atoms with van der Waals surface area (Å²) in [5.74, 6) is -0.206. The number of aliphatic hydroxyl groups is 4. The minimum atomic E-state index is -0.690. The van der Waals surface area contributed by atoms with Crippen LogP contribution in [0.3, 0.4) is 0 Å². The monoisotopic (exact) mass is 289 g/mol. The average molecular weight is 289 g/mol. The van der Waals surface area contributed by atoms with Gasteiger partial charge >= 0.3 is 0 Å². The number of unbranched alkanes of at least 4 members (excludes halogenated alkanes) is 5. The molecule has 1 fully saturated rings. The normalized spacial score (nSPS) is 34.4. The van der Waals surface area contributed by atoms with Crippen LogP contribution >= 0.6 is 0 Å². The van der Waals surface area contributed by atoms with E-state index in [1.54, 1.807) is 0 Å². The topological polar surface area (TPSA) is 93.0 Å². The SMILES string of the molecule is CC1C(O)C(CO)NC(CCCCCCCCO)C1O. The largest absolute Gasteiger partial charge is 0.396 e. The van der Waals surface area contributed by atoms with Crippen molar-refractivity contribution in [3.63, 3.8) is 0 Å². The Bertz CT molecular complexity index is 250. The first-order valence-corrected chi connectivity index (χ1v) is 7.95. The smallest absolute Gasteiger partial charge is 0.0766 e. The molecule has 0 aromatic rings. The zero-order chi connectivity index (χ0) is 15.0. The van der Waals surface area contributed by atoms with E-state index in [9.17, 15) is 15.3 Å². The van der Waals surface area contributed by atoms with Gasteiger partial charge in [-0.1, -0.05) is 39.0 Å². The molecule has 5 nitrogen and oxygen atoms in total. The Kier molecular flexibility index (Phi) is 8.64. The summed E-state index contributed by atoms with van der Waals surface area (Å²) in [5, 5.41) is 41.2. The molecule has 1 heterocycles. The van der Waals surface area contributed by atoms with Gasteiger partial charge in [-0.3, -0.25) is 0 Å². The van der Waals surface area contributed by atoms with Crippen molar-refractivity contribution in [1.29, 1.82) is 0 Å². The lowest BCUT2D eigenvalue weighted by Crippen LogP contribution is -2.62. The van der Waals surface area contributed by atoms with Crippen LogP contribution in [-0.4, -0.2) is 57.9 Å². The van der Waals surface area contributed by atoms with E-state index >= 15 is 0 Å². The van der Waals surface area contributed by atoms with Gasteiger partial charge in [0.25, 0.3) is 0 Å². The molecule has 1 rings (SSSR count). The highest BCUT2D eigenvalue weighted by Gasteiger charge is 2.39. The fourth-order valence-electron chi connectivity index (χ4n) is 3.00. The summed E-state index contributed by atoms with van der Waals surface area (Å²) in [6, 6.07) is -0.369. The molecule has 5 heteroatoms. The predicted octanol–water partition coefficient (Wildman–Crippen LogP) is 0.400. The van der Waals surface area contributed by atoms with Crippen LogP contribution in [0.25, 0.3) is 0 Å². The van der Waals surface area contributed by atoms with Gasteiger partial charge in [-0.2, -0.15) is 0 Å². The molecule has 0 aromatic carbocycles. The van der Waals surface area contributed by atoms with Gasteiger partial charge in [0.05, 0.1) is 24.9 Å². The molecule has 0 bridgehead atoms. The third-order valence-electron chi connectivity index (χ3n) is 4.45. The van der Waals surface area contributed by atoms with Gasteiger partial charge < -0.3 is 25.7 Å². The Morgan fingerprint density at radius 1 is 0.800 bits per heavy atom. The lowest BCUT2D eigenvalue weighted by molar-refractivity contribution is -0.0662. The second-order valence-electron chi connectivity index (χ2n) is 6.04. The minimum Gasteiger partial charge on any atom is -0.396 e. The van der Waals surface area contributed by atoms with Crippen LogP contribution in [0.15, 0.2) is 0 Å². The van der Waals surface area contributed by atoms with Crippen LogP contribution in [0, 0.1) is 5.92 Å². The van der Waals surface area contributed by atoms with Gasteiger partial charge in [0.1, 0.15) is 0 Å². The van der Waals surface area contributed by atoms with Crippen LogP contribution in [0.2, 0.25) is 0 Å². The number of nitrogens with one attached hydrogen (secondary N) is 1. The lowest BCUT2D eigenvalue weighted by Gasteiger charge is -2.42. The molecule has 0 aromatic heterocycles. The van der Waals surface area contributed by atoms with Crippen molar-refractivity contribution in [1.82, 2.24) is 5.32 Å². The van der Waals surface area contributed by atoms with E-state index in [0.29, 0.717) is 0 Å². The van der Waals surface area contributed by atoms with Gasteiger partial charge in [-0.15, -0.1) is 0 Å².